The highest BCUT2D eigenvalue weighted by molar-refractivity contribution is 6.49. The summed E-state index contributed by atoms with van der Waals surface area (Å²) < 4.78 is 0. The minimum atomic E-state index is -0.836. The van der Waals surface area contributed by atoms with Gasteiger partial charge in [0, 0.05) is 13.8 Å². The molecular weight excluding hydrogens is 440 g/mol. The van der Waals surface area contributed by atoms with Gasteiger partial charge in [-0.15, -0.1) is 0 Å². The van der Waals surface area contributed by atoms with Crippen molar-refractivity contribution in [3.8, 4) is 0 Å². The van der Waals surface area contributed by atoms with Crippen molar-refractivity contribution in [3.05, 3.63) is 104 Å². The highest BCUT2D eigenvalue weighted by atomic mass is 16.6. The SMILES string of the molecule is CC(=O)C(=Nc1ccccc1)c1cc(C(=Nc2ccccc2)C(C)=O)c([N+](=O)[O-])cc1[N+](=O)[O-]. The number of Topliss-reactive ketones (excluding diaryl/α,β-unsaturated/α-hetero) is 2. The molecule has 3 rings (SSSR count). The molecule has 0 bridgehead atoms. The zero-order valence-corrected chi connectivity index (χ0v) is 18.2. The molecule has 0 unspecified atom stereocenters. The molecule has 0 atom stereocenters. The van der Waals surface area contributed by atoms with Gasteiger partial charge in [0.25, 0.3) is 11.4 Å². The third-order valence-corrected chi connectivity index (χ3v) is 4.68. The summed E-state index contributed by atoms with van der Waals surface area (Å²) in [5, 5.41) is 23.6. The van der Waals surface area contributed by atoms with E-state index in [9.17, 15) is 29.8 Å². The Morgan fingerprint density at radius 1 is 0.647 bits per heavy atom. The minimum absolute atomic E-state index is 0.260. The van der Waals surface area contributed by atoms with Crippen molar-refractivity contribution in [3.63, 3.8) is 0 Å². The number of ketones is 2. The number of nitro groups is 2. The van der Waals surface area contributed by atoms with E-state index >= 15 is 0 Å². The average molecular weight is 458 g/mol. The predicted molar refractivity (Wildman–Crippen MR) is 126 cm³/mol. The quantitative estimate of drug-likeness (QED) is 0.266. The molecule has 0 aliphatic rings. The van der Waals surface area contributed by atoms with Crippen LogP contribution in [0, 0.1) is 20.2 Å². The van der Waals surface area contributed by atoms with E-state index in [2.05, 4.69) is 9.98 Å². The second-order valence-corrected chi connectivity index (χ2v) is 7.11. The Labute approximate surface area is 193 Å². The molecule has 0 aliphatic carbocycles. The molecule has 0 radical (unpaired) electrons. The van der Waals surface area contributed by atoms with Crippen molar-refractivity contribution < 1.29 is 19.4 Å². The summed E-state index contributed by atoms with van der Waals surface area (Å²) in [6.07, 6.45) is 0. The first-order valence-corrected chi connectivity index (χ1v) is 9.96. The normalized spacial score (nSPS) is 11.7. The lowest BCUT2D eigenvalue weighted by molar-refractivity contribution is -0.394. The number of carbonyl (C=O) groups excluding carboxylic acids is 2. The molecule has 0 N–H and O–H groups in total. The van der Waals surface area contributed by atoms with E-state index in [1.165, 1.54) is 13.8 Å². The second kappa shape index (κ2) is 10.2. The molecule has 0 aromatic heterocycles. The van der Waals surface area contributed by atoms with Gasteiger partial charge < -0.3 is 0 Å². The predicted octanol–water partition coefficient (Wildman–Crippen LogP) is 4.92. The molecule has 0 heterocycles. The summed E-state index contributed by atoms with van der Waals surface area (Å²) in [5.74, 6) is -1.20. The Bertz CT molecular complexity index is 1250. The maximum Gasteiger partial charge on any atom is 0.285 e. The fourth-order valence-corrected chi connectivity index (χ4v) is 3.18. The van der Waals surface area contributed by atoms with Gasteiger partial charge in [-0.2, -0.15) is 0 Å². The number of nitro benzene ring substituents is 2. The Morgan fingerprint density at radius 3 is 1.29 bits per heavy atom. The summed E-state index contributed by atoms with van der Waals surface area (Å²) in [7, 11) is 0. The molecule has 10 heteroatoms. The van der Waals surface area contributed by atoms with Crippen molar-refractivity contribution in [2.45, 2.75) is 13.8 Å². The van der Waals surface area contributed by atoms with Crippen LogP contribution in [0.25, 0.3) is 0 Å². The third-order valence-electron chi connectivity index (χ3n) is 4.68. The lowest BCUT2D eigenvalue weighted by Crippen LogP contribution is -2.18. The van der Waals surface area contributed by atoms with Gasteiger partial charge in [0.2, 0.25) is 0 Å². The molecule has 0 saturated carbocycles. The Kier molecular flexibility index (Phi) is 7.12. The maximum absolute atomic E-state index is 12.5. The van der Waals surface area contributed by atoms with Crippen molar-refractivity contribution in [2.75, 3.05) is 0 Å². The summed E-state index contributed by atoms with van der Waals surface area (Å²) in [4.78, 5) is 55.3. The molecular formula is C24H18N4O6. The van der Waals surface area contributed by atoms with Gasteiger partial charge in [-0.1, -0.05) is 36.4 Å². The zero-order chi connectivity index (χ0) is 24.8. The van der Waals surface area contributed by atoms with Gasteiger partial charge in [-0.3, -0.25) is 29.8 Å². The van der Waals surface area contributed by atoms with E-state index in [-0.39, 0.29) is 22.6 Å². The van der Waals surface area contributed by atoms with Gasteiger partial charge in [0.05, 0.1) is 38.4 Å². The summed E-state index contributed by atoms with van der Waals surface area (Å²) >= 11 is 0. The number of hydrogen-bond donors (Lipinski definition) is 0. The van der Waals surface area contributed by atoms with Crippen molar-refractivity contribution >= 4 is 45.7 Å². The third kappa shape index (κ3) is 5.30. The largest absolute Gasteiger partial charge is 0.293 e. The molecule has 34 heavy (non-hydrogen) atoms. The van der Waals surface area contributed by atoms with Crippen molar-refractivity contribution in [1.29, 1.82) is 0 Å². The van der Waals surface area contributed by atoms with Crippen molar-refractivity contribution in [1.82, 2.24) is 0 Å². The van der Waals surface area contributed by atoms with Crippen LogP contribution in [0.2, 0.25) is 0 Å². The lowest BCUT2D eigenvalue weighted by Gasteiger charge is -2.10. The molecule has 0 saturated heterocycles. The topological polar surface area (TPSA) is 145 Å². The number of benzene rings is 3. The first-order chi connectivity index (χ1) is 16.2. The van der Waals surface area contributed by atoms with Crippen LogP contribution in [0.15, 0.2) is 82.8 Å². The van der Waals surface area contributed by atoms with Crippen LogP contribution < -0.4 is 0 Å². The van der Waals surface area contributed by atoms with Crippen LogP contribution in [0.1, 0.15) is 25.0 Å². The molecule has 10 nitrogen and oxygen atoms in total. The van der Waals surface area contributed by atoms with Crippen LogP contribution in [-0.4, -0.2) is 32.8 Å². The van der Waals surface area contributed by atoms with Crippen LogP contribution in [-0.2, 0) is 9.59 Å². The average Bonchev–Trinajstić information content (AvgIpc) is 2.81. The standard InChI is InChI=1S/C24H18N4O6/c1-15(29)23(25-17-9-5-3-6-10-17)19-13-20(22(28(33)34)14-21(19)27(31)32)24(16(2)30)26-18-11-7-4-8-12-18/h3-14H,1-2H3. The first kappa shape index (κ1) is 23.8. The number of aliphatic imine (C=N–C) groups is 2. The van der Waals surface area contributed by atoms with E-state index in [1.807, 2.05) is 0 Å². The number of rotatable bonds is 8. The highest BCUT2D eigenvalue weighted by Crippen LogP contribution is 2.32. The van der Waals surface area contributed by atoms with E-state index < -0.39 is 32.8 Å². The molecule has 170 valence electrons. The smallest absolute Gasteiger partial charge is 0.285 e. The van der Waals surface area contributed by atoms with Crippen LogP contribution in [0.4, 0.5) is 22.7 Å². The van der Waals surface area contributed by atoms with Gasteiger partial charge in [0.15, 0.2) is 11.6 Å². The lowest BCUT2D eigenvalue weighted by atomic mass is 9.96. The van der Waals surface area contributed by atoms with E-state index in [0.29, 0.717) is 11.4 Å². The fourth-order valence-electron chi connectivity index (χ4n) is 3.18. The Hall–Kier alpha value is -4.86. The van der Waals surface area contributed by atoms with E-state index in [0.717, 1.165) is 12.1 Å². The van der Waals surface area contributed by atoms with Gasteiger partial charge >= 0.3 is 0 Å². The summed E-state index contributed by atoms with van der Waals surface area (Å²) in [6, 6.07) is 18.3. The molecule has 0 amide bonds. The molecule has 3 aromatic carbocycles. The monoisotopic (exact) mass is 458 g/mol. The maximum atomic E-state index is 12.5. The molecule has 0 spiro atoms. The van der Waals surface area contributed by atoms with Crippen LogP contribution in [0.3, 0.4) is 0 Å². The number of nitrogens with zero attached hydrogens (tertiary/aromatic N) is 4. The minimum Gasteiger partial charge on any atom is -0.293 e. The summed E-state index contributed by atoms with van der Waals surface area (Å²) in [5.41, 5.74) is -1.76. The fraction of sp³-hybridized carbons (Fsp3) is 0.0833. The molecule has 0 fully saturated rings. The van der Waals surface area contributed by atoms with Gasteiger partial charge in [-0.25, -0.2) is 9.98 Å². The van der Waals surface area contributed by atoms with Crippen LogP contribution in [0.5, 0.6) is 0 Å². The number of para-hydroxylation sites is 2. The van der Waals surface area contributed by atoms with Gasteiger partial charge in [-0.05, 0) is 30.3 Å². The zero-order valence-electron chi connectivity index (χ0n) is 18.2. The van der Waals surface area contributed by atoms with Gasteiger partial charge in [0.1, 0.15) is 11.4 Å². The number of carbonyl (C=O) groups is 2. The Morgan fingerprint density at radius 2 is 1.00 bits per heavy atom. The Balaban J connectivity index is 2.38. The molecule has 3 aromatic rings. The number of hydrogen-bond acceptors (Lipinski definition) is 8. The van der Waals surface area contributed by atoms with E-state index in [4.69, 9.17) is 0 Å². The van der Waals surface area contributed by atoms with Crippen LogP contribution >= 0.6 is 0 Å². The highest BCUT2D eigenvalue weighted by Gasteiger charge is 2.31. The first-order valence-electron chi connectivity index (χ1n) is 9.96. The second-order valence-electron chi connectivity index (χ2n) is 7.11. The molecule has 0 aliphatic heterocycles. The van der Waals surface area contributed by atoms with Crippen molar-refractivity contribution in [2.24, 2.45) is 9.98 Å². The van der Waals surface area contributed by atoms with E-state index in [1.54, 1.807) is 60.7 Å². The summed E-state index contributed by atoms with van der Waals surface area (Å²) in [6.45, 7) is 2.35.